The van der Waals surface area contributed by atoms with Crippen molar-refractivity contribution in [3.8, 4) is 0 Å². The van der Waals surface area contributed by atoms with E-state index in [1.54, 1.807) is 12.1 Å². The number of aliphatic hydroxyl groups is 1. The van der Waals surface area contributed by atoms with Crippen molar-refractivity contribution in [2.75, 3.05) is 27.3 Å². The van der Waals surface area contributed by atoms with Gasteiger partial charge in [0.05, 0.1) is 18.1 Å². The second-order valence-electron chi connectivity index (χ2n) is 14.3. The molecule has 0 aliphatic carbocycles. The SMILES string of the molecule is CCCCC.CCCCN=C(CCC)CCC.CCn1\c(=C/C=C/C=C/C2=[N+](CC)c3ccc(S(=O)[O-])c4cccc2c34)c2cccc3c(S(=O)(=O)OC)ccc1c32.CO. The Morgan fingerprint density at radius 1 is 0.800 bits per heavy atom. The summed E-state index contributed by atoms with van der Waals surface area (Å²) in [5.41, 5.74) is 5.43. The quantitative estimate of drug-likeness (QED) is 0.0248. The lowest BCUT2D eigenvalue weighted by atomic mass is 10.0. The summed E-state index contributed by atoms with van der Waals surface area (Å²) in [6.45, 7) is 17.7. The Balaban J connectivity index is 0.000000425. The van der Waals surface area contributed by atoms with Crippen LogP contribution in [0.3, 0.4) is 0 Å². The molecule has 0 spiro atoms. The second kappa shape index (κ2) is 25.5. The van der Waals surface area contributed by atoms with Gasteiger partial charge >= 0.3 is 0 Å². The van der Waals surface area contributed by atoms with Crippen molar-refractivity contribution in [1.82, 2.24) is 4.57 Å². The fraction of sp³-hybridized carbons (Fsp3) is 0.429. The molecule has 0 fully saturated rings. The maximum Gasteiger partial charge on any atom is 0.297 e. The van der Waals surface area contributed by atoms with Crippen molar-refractivity contribution in [2.24, 2.45) is 4.99 Å². The molecule has 1 atom stereocenters. The van der Waals surface area contributed by atoms with Gasteiger partial charge in [0.25, 0.3) is 10.1 Å². The summed E-state index contributed by atoms with van der Waals surface area (Å²) in [4.78, 5) is 5.08. The third-order valence-electron chi connectivity index (χ3n) is 10.3. The van der Waals surface area contributed by atoms with Crippen LogP contribution in [0.2, 0.25) is 0 Å². The molecule has 11 heteroatoms. The summed E-state index contributed by atoms with van der Waals surface area (Å²) >= 11 is -2.31. The molecule has 1 aromatic heterocycles. The predicted octanol–water partition coefficient (Wildman–Crippen LogP) is 11.0. The normalized spacial score (nSPS) is 13.2. The van der Waals surface area contributed by atoms with Crippen LogP contribution in [0.25, 0.3) is 38.5 Å². The Morgan fingerprint density at radius 3 is 2.03 bits per heavy atom. The Bertz CT molecular complexity index is 2470. The van der Waals surface area contributed by atoms with Crippen LogP contribution in [-0.4, -0.2) is 70.2 Å². The first-order valence-electron chi connectivity index (χ1n) is 21.5. The Hall–Kier alpha value is -4.26. The standard InChI is InChI=1S/C32H28N2O5S2.C11H23N.C5H12.CH4O/c1-4-33-25(21-11-9-13-23-29(40(35)36)19-17-27(33)31(21)23)15-7-6-8-16-26-22-12-10-14-24-30(41(37,38)39-3)20-18-28(32(22)24)34(26)5-2;1-4-7-10-12-11(8-5-2)9-6-3;1-3-5-4-2;1-2/h6-20H,4-5H2,1-3H3;4-10H2,1-3H3;3-5H2,1-2H3;2H,1H3. The zero-order valence-corrected chi connectivity index (χ0v) is 38.9. The van der Waals surface area contributed by atoms with Gasteiger partial charge in [0.1, 0.15) is 11.4 Å². The van der Waals surface area contributed by atoms with Crippen molar-refractivity contribution in [2.45, 2.75) is 123 Å². The molecule has 1 N–H and O–H groups in total. The van der Waals surface area contributed by atoms with Crippen LogP contribution in [0.1, 0.15) is 112 Å². The molecule has 0 radical (unpaired) electrons. The molecular formula is C49H67N3O6S2. The highest BCUT2D eigenvalue weighted by atomic mass is 32.2. The van der Waals surface area contributed by atoms with E-state index < -0.39 is 21.2 Å². The molecule has 5 aromatic rings. The third kappa shape index (κ3) is 12.0. The van der Waals surface area contributed by atoms with Gasteiger partial charge in [0.15, 0.2) is 0 Å². The lowest BCUT2D eigenvalue weighted by Gasteiger charge is -2.09. The van der Waals surface area contributed by atoms with Crippen LogP contribution in [-0.2, 0) is 31.9 Å². The van der Waals surface area contributed by atoms with Crippen molar-refractivity contribution < 1.29 is 31.0 Å². The van der Waals surface area contributed by atoms with Crippen LogP contribution >= 0.6 is 0 Å². The first-order valence-corrected chi connectivity index (χ1v) is 24.0. The lowest BCUT2D eigenvalue weighted by molar-refractivity contribution is -0.430. The minimum absolute atomic E-state index is 0.162. The average Bonchev–Trinajstić information content (AvgIpc) is 3.75. The average molecular weight is 858 g/mol. The van der Waals surface area contributed by atoms with Crippen molar-refractivity contribution in [3.05, 3.63) is 95.9 Å². The fourth-order valence-electron chi connectivity index (χ4n) is 7.61. The number of aryl methyl sites for hydroxylation is 1. The molecule has 2 heterocycles. The van der Waals surface area contributed by atoms with Crippen molar-refractivity contribution in [3.63, 3.8) is 0 Å². The van der Waals surface area contributed by atoms with Gasteiger partial charge in [0.2, 0.25) is 11.4 Å². The highest BCUT2D eigenvalue weighted by molar-refractivity contribution is 7.87. The summed E-state index contributed by atoms with van der Waals surface area (Å²) < 4.78 is 57.9. The lowest BCUT2D eigenvalue weighted by Crippen LogP contribution is -2.14. The van der Waals surface area contributed by atoms with Gasteiger partial charge in [-0.25, -0.2) is 0 Å². The molecule has 6 rings (SSSR count). The van der Waals surface area contributed by atoms with E-state index in [0.29, 0.717) is 10.3 Å². The topological polar surface area (TPSA) is 124 Å². The molecule has 0 saturated heterocycles. The molecule has 0 bridgehead atoms. The van der Waals surface area contributed by atoms with Crippen molar-refractivity contribution in [1.29, 1.82) is 0 Å². The van der Waals surface area contributed by atoms with E-state index in [9.17, 15) is 17.2 Å². The molecule has 1 aliphatic rings. The van der Waals surface area contributed by atoms with Crippen LogP contribution in [0, 0.1) is 0 Å². The first kappa shape index (κ1) is 50.1. The smallest absolute Gasteiger partial charge is 0.297 e. The number of rotatable bonds is 17. The summed E-state index contributed by atoms with van der Waals surface area (Å²) in [7, 11) is -1.67. The largest absolute Gasteiger partial charge is 0.768 e. The molecule has 1 unspecified atom stereocenters. The van der Waals surface area contributed by atoms with E-state index in [0.717, 1.165) is 76.1 Å². The van der Waals surface area contributed by atoms with Gasteiger partial charge < -0.3 is 14.2 Å². The molecule has 0 saturated carbocycles. The number of unbranched alkanes of at least 4 members (excludes halogenated alkanes) is 3. The van der Waals surface area contributed by atoms with Gasteiger partial charge in [-0.15, -0.1) is 0 Å². The number of allylic oxidation sites excluding steroid dienone is 4. The maximum atomic E-state index is 12.6. The number of benzene rings is 4. The Morgan fingerprint density at radius 2 is 1.45 bits per heavy atom. The summed E-state index contributed by atoms with van der Waals surface area (Å²) in [6, 6.07) is 18.5. The molecule has 326 valence electrons. The molecule has 9 nitrogen and oxygen atoms in total. The van der Waals surface area contributed by atoms with E-state index in [2.05, 4.69) is 62.6 Å². The zero-order chi connectivity index (χ0) is 44.2. The number of aromatic nitrogens is 1. The third-order valence-corrected chi connectivity index (χ3v) is 12.4. The predicted molar refractivity (Wildman–Crippen MR) is 253 cm³/mol. The first-order chi connectivity index (χ1) is 29.1. The minimum atomic E-state index is -3.85. The van der Waals surface area contributed by atoms with E-state index in [1.807, 2.05) is 78.9 Å². The maximum absolute atomic E-state index is 12.6. The van der Waals surface area contributed by atoms with Crippen LogP contribution in [0.15, 0.2) is 99.8 Å². The van der Waals surface area contributed by atoms with Gasteiger partial charge in [-0.3, -0.25) is 13.4 Å². The molecule has 0 amide bonds. The monoisotopic (exact) mass is 857 g/mol. The van der Waals surface area contributed by atoms with Crippen LogP contribution in [0.5, 0.6) is 0 Å². The van der Waals surface area contributed by atoms with E-state index >= 15 is 0 Å². The number of nitrogens with zero attached hydrogens (tertiary/aromatic N) is 3. The molecular weight excluding hydrogens is 791 g/mol. The number of hydrogen-bond acceptors (Lipinski definition) is 7. The highest BCUT2D eigenvalue weighted by Gasteiger charge is 2.30. The van der Waals surface area contributed by atoms with E-state index in [-0.39, 0.29) is 4.90 Å². The van der Waals surface area contributed by atoms with Crippen LogP contribution < -0.4 is 5.35 Å². The number of aliphatic hydroxyl groups excluding tert-OH is 1. The number of aliphatic imine (C=N–C) groups is 1. The minimum Gasteiger partial charge on any atom is -0.768 e. The fourth-order valence-corrected chi connectivity index (χ4v) is 8.99. The summed E-state index contributed by atoms with van der Waals surface area (Å²) in [5, 5.41) is 12.2. The van der Waals surface area contributed by atoms with E-state index in [4.69, 9.17) is 9.29 Å². The highest BCUT2D eigenvalue weighted by Crippen LogP contribution is 2.38. The summed E-state index contributed by atoms with van der Waals surface area (Å²) in [5.74, 6) is 0. The Kier molecular flexibility index (Phi) is 21.3. The van der Waals surface area contributed by atoms with Gasteiger partial charge in [-0.05, 0) is 74.5 Å². The summed E-state index contributed by atoms with van der Waals surface area (Å²) in [6.07, 6.45) is 21.5. The molecule has 4 aromatic carbocycles. The van der Waals surface area contributed by atoms with Gasteiger partial charge in [-0.1, -0.05) is 122 Å². The van der Waals surface area contributed by atoms with Gasteiger partial charge in [0, 0.05) is 75.4 Å². The van der Waals surface area contributed by atoms with Crippen molar-refractivity contribution >= 4 is 76.8 Å². The number of hydrogen-bond donors (Lipinski definition) is 1. The zero-order valence-electron chi connectivity index (χ0n) is 37.3. The molecule has 60 heavy (non-hydrogen) atoms. The Labute approximate surface area is 361 Å². The van der Waals surface area contributed by atoms with Gasteiger partial charge in [-0.2, -0.15) is 13.0 Å². The van der Waals surface area contributed by atoms with E-state index in [1.165, 1.54) is 70.6 Å². The van der Waals surface area contributed by atoms with Crippen LogP contribution in [0.4, 0.5) is 5.69 Å². The second-order valence-corrected chi connectivity index (χ2v) is 16.9. The molecule has 1 aliphatic heterocycles.